The number of aromatic nitrogens is 1. The van der Waals surface area contributed by atoms with Gasteiger partial charge >= 0.3 is 0 Å². The molecule has 0 aliphatic heterocycles. The molecular weight excluding hydrogens is 183 g/mol. The molecule has 5 heteroatoms. The van der Waals surface area contributed by atoms with Crippen molar-refractivity contribution in [3.05, 3.63) is 28.8 Å². The molecule has 1 aromatic heterocycles. The molecule has 3 nitrogen and oxygen atoms in total. The van der Waals surface area contributed by atoms with Gasteiger partial charge in [-0.3, -0.25) is 0 Å². The highest BCUT2D eigenvalue weighted by molar-refractivity contribution is 6.29. The molecule has 1 heterocycles. The van der Waals surface area contributed by atoms with Crippen LogP contribution >= 0.6 is 11.6 Å². The van der Waals surface area contributed by atoms with E-state index in [4.69, 9.17) is 17.3 Å². The highest BCUT2D eigenvalue weighted by atomic mass is 35.5. The molecule has 0 bridgehead atoms. The normalized spacial score (nSPS) is 13.0. The molecule has 0 fully saturated rings. The second-order valence-electron chi connectivity index (χ2n) is 2.26. The topological polar surface area (TPSA) is 59.1 Å². The highest BCUT2D eigenvalue weighted by Gasteiger charge is 2.09. The first kappa shape index (κ1) is 9.38. The molecule has 1 aromatic rings. The Morgan fingerprint density at radius 3 is 2.83 bits per heavy atom. The molecule has 0 saturated heterocycles. The summed E-state index contributed by atoms with van der Waals surface area (Å²) in [5, 5.41) is 8.93. The molecular formula is C7H8ClFN2O. The summed E-state index contributed by atoms with van der Waals surface area (Å²) in [5.74, 6) is -0.607. The minimum atomic E-state index is -0.886. The maximum Gasteiger partial charge on any atom is 0.165 e. The fraction of sp³-hybridized carbons (Fsp3) is 0.286. The predicted octanol–water partition coefficient (Wildman–Crippen LogP) is 0.866. The molecule has 3 N–H and O–H groups in total. The van der Waals surface area contributed by atoms with Crippen LogP contribution in [0.5, 0.6) is 0 Å². The Labute approximate surface area is 74.0 Å². The van der Waals surface area contributed by atoms with E-state index in [1.54, 1.807) is 0 Å². The zero-order valence-electron chi connectivity index (χ0n) is 6.17. The van der Waals surface area contributed by atoms with Crippen molar-refractivity contribution in [2.75, 3.05) is 6.54 Å². The number of nitrogens with zero attached hydrogens (tertiary/aromatic N) is 1. The van der Waals surface area contributed by atoms with Crippen LogP contribution in [0.15, 0.2) is 12.1 Å². The number of hydrogen-bond acceptors (Lipinski definition) is 3. The van der Waals surface area contributed by atoms with Crippen molar-refractivity contribution in [1.82, 2.24) is 4.98 Å². The number of halogens is 2. The van der Waals surface area contributed by atoms with Crippen molar-refractivity contribution in [2.45, 2.75) is 6.10 Å². The fourth-order valence-corrected chi connectivity index (χ4v) is 0.898. The van der Waals surface area contributed by atoms with Crippen LogP contribution in [0.1, 0.15) is 11.8 Å². The predicted molar refractivity (Wildman–Crippen MR) is 43.2 cm³/mol. The first-order valence-electron chi connectivity index (χ1n) is 3.35. The lowest BCUT2D eigenvalue weighted by molar-refractivity contribution is 0.181. The average Bonchev–Trinajstić information content (AvgIpc) is 2.08. The Bertz CT molecular complexity index is 282. The van der Waals surface area contributed by atoms with Crippen LogP contribution in [-0.4, -0.2) is 16.6 Å². The second kappa shape index (κ2) is 3.80. The molecule has 12 heavy (non-hydrogen) atoms. The number of hydrogen-bond donors (Lipinski definition) is 2. The van der Waals surface area contributed by atoms with Crippen LogP contribution < -0.4 is 5.73 Å². The van der Waals surface area contributed by atoms with Gasteiger partial charge in [0, 0.05) is 6.54 Å². The van der Waals surface area contributed by atoms with Gasteiger partial charge < -0.3 is 10.8 Å². The summed E-state index contributed by atoms with van der Waals surface area (Å²) in [6, 6.07) is 2.49. The van der Waals surface area contributed by atoms with E-state index in [0.717, 1.165) is 6.07 Å². The van der Waals surface area contributed by atoms with Gasteiger partial charge in [0.25, 0.3) is 0 Å². The van der Waals surface area contributed by atoms with Crippen LogP contribution in [0.25, 0.3) is 0 Å². The van der Waals surface area contributed by atoms with Crippen molar-refractivity contribution in [1.29, 1.82) is 0 Å². The molecule has 0 spiro atoms. The average molecular weight is 191 g/mol. The van der Waals surface area contributed by atoms with Gasteiger partial charge in [0.15, 0.2) is 11.0 Å². The molecule has 0 saturated carbocycles. The van der Waals surface area contributed by atoms with Gasteiger partial charge in [-0.05, 0) is 12.1 Å². The van der Waals surface area contributed by atoms with Crippen molar-refractivity contribution in [3.8, 4) is 0 Å². The molecule has 0 radical (unpaired) electrons. The number of rotatable bonds is 2. The maximum atomic E-state index is 12.6. The number of aliphatic hydroxyl groups excluding tert-OH is 1. The monoisotopic (exact) mass is 190 g/mol. The Kier molecular flexibility index (Phi) is 2.97. The number of nitrogens with two attached hydrogens (primary N) is 1. The van der Waals surface area contributed by atoms with Gasteiger partial charge in [0.05, 0.1) is 5.69 Å². The highest BCUT2D eigenvalue weighted by Crippen LogP contribution is 2.15. The summed E-state index contributed by atoms with van der Waals surface area (Å²) in [6.45, 7) is 0.0367. The molecule has 1 atom stereocenters. The zero-order chi connectivity index (χ0) is 9.14. The van der Waals surface area contributed by atoms with Crippen molar-refractivity contribution >= 4 is 11.6 Å². The largest absolute Gasteiger partial charge is 0.385 e. The van der Waals surface area contributed by atoms with E-state index in [1.807, 2.05) is 0 Å². The first-order valence-corrected chi connectivity index (χ1v) is 3.73. The number of pyridine rings is 1. The Morgan fingerprint density at radius 2 is 2.33 bits per heavy atom. The summed E-state index contributed by atoms with van der Waals surface area (Å²) >= 11 is 5.38. The summed E-state index contributed by atoms with van der Waals surface area (Å²) < 4.78 is 12.6. The zero-order valence-corrected chi connectivity index (χ0v) is 6.92. The van der Waals surface area contributed by atoms with Crippen LogP contribution in [0.2, 0.25) is 5.15 Å². The molecule has 1 rings (SSSR count). The number of aliphatic hydroxyl groups is 1. The molecule has 0 aromatic carbocycles. The third-order valence-electron chi connectivity index (χ3n) is 1.39. The summed E-state index contributed by atoms with van der Waals surface area (Å²) in [4.78, 5) is 3.60. The van der Waals surface area contributed by atoms with Gasteiger partial charge in [-0.25, -0.2) is 9.37 Å². The van der Waals surface area contributed by atoms with Crippen LogP contribution in [0, 0.1) is 5.82 Å². The molecule has 66 valence electrons. The molecule has 0 aliphatic rings. The third-order valence-corrected chi connectivity index (χ3v) is 1.65. The maximum absolute atomic E-state index is 12.6. The van der Waals surface area contributed by atoms with Crippen molar-refractivity contribution in [3.63, 3.8) is 0 Å². The van der Waals surface area contributed by atoms with E-state index in [1.165, 1.54) is 6.07 Å². The van der Waals surface area contributed by atoms with Gasteiger partial charge in [-0.1, -0.05) is 11.6 Å². The Balaban J connectivity index is 2.96. The van der Waals surface area contributed by atoms with Crippen molar-refractivity contribution < 1.29 is 9.50 Å². The lowest BCUT2D eigenvalue weighted by Gasteiger charge is -2.06. The van der Waals surface area contributed by atoms with Gasteiger partial charge in [0.1, 0.15) is 6.10 Å². The molecule has 1 unspecified atom stereocenters. The van der Waals surface area contributed by atoms with Gasteiger partial charge in [-0.15, -0.1) is 0 Å². The SMILES string of the molecule is NCC(O)c1ccc(F)c(Cl)n1. The quantitative estimate of drug-likeness (QED) is 0.681. The summed E-state index contributed by atoms with van der Waals surface area (Å²) in [5.41, 5.74) is 5.45. The Hall–Kier alpha value is -0.710. The second-order valence-corrected chi connectivity index (χ2v) is 2.62. The van der Waals surface area contributed by atoms with Gasteiger partial charge in [0.2, 0.25) is 0 Å². The van der Waals surface area contributed by atoms with E-state index >= 15 is 0 Å². The van der Waals surface area contributed by atoms with Crippen molar-refractivity contribution in [2.24, 2.45) is 5.73 Å². The van der Waals surface area contributed by atoms with E-state index in [0.29, 0.717) is 0 Å². The summed E-state index contributed by atoms with van der Waals surface area (Å²) in [6.07, 6.45) is -0.886. The lowest BCUT2D eigenvalue weighted by atomic mass is 10.2. The molecule has 0 aliphatic carbocycles. The standard InChI is InChI=1S/C7H8ClFN2O/c8-7-4(9)1-2-5(11-7)6(12)3-10/h1-2,6,12H,3,10H2. The lowest BCUT2D eigenvalue weighted by Crippen LogP contribution is -2.13. The minimum Gasteiger partial charge on any atom is -0.385 e. The third kappa shape index (κ3) is 1.91. The van der Waals surface area contributed by atoms with E-state index in [2.05, 4.69) is 4.98 Å². The van der Waals surface area contributed by atoms with E-state index in [9.17, 15) is 9.50 Å². The van der Waals surface area contributed by atoms with E-state index < -0.39 is 11.9 Å². The van der Waals surface area contributed by atoms with E-state index in [-0.39, 0.29) is 17.4 Å². The smallest absolute Gasteiger partial charge is 0.165 e. The Morgan fingerprint density at radius 1 is 1.67 bits per heavy atom. The molecule has 0 amide bonds. The van der Waals surface area contributed by atoms with Crippen LogP contribution in [0.3, 0.4) is 0 Å². The van der Waals surface area contributed by atoms with Crippen LogP contribution in [-0.2, 0) is 0 Å². The minimum absolute atomic E-state index is 0.0367. The summed E-state index contributed by atoms with van der Waals surface area (Å²) in [7, 11) is 0. The van der Waals surface area contributed by atoms with Gasteiger partial charge in [-0.2, -0.15) is 0 Å². The van der Waals surface area contributed by atoms with Crippen LogP contribution in [0.4, 0.5) is 4.39 Å². The fourth-order valence-electron chi connectivity index (χ4n) is 0.738. The first-order chi connectivity index (χ1) is 5.65.